The SMILES string of the molecule is CCC1CC=CCC1.CCCCCCCCOC(=O)c1ccccc1C(=O)OCCCCCCCC. The Kier molecular flexibility index (Phi) is 19.6. The summed E-state index contributed by atoms with van der Waals surface area (Å²) in [5, 5.41) is 0. The summed E-state index contributed by atoms with van der Waals surface area (Å²) in [6.07, 6.45) is 23.7. The number of benzene rings is 1. The summed E-state index contributed by atoms with van der Waals surface area (Å²) in [4.78, 5) is 24.7. The molecule has 204 valence electrons. The van der Waals surface area contributed by atoms with Crippen molar-refractivity contribution in [1.29, 1.82) is 0 Å². The largest absolute Gasteiger partial charge is 0.462 e. The third-order valence-electron chi connectivity index (χ3n) is 6.78. The number of esters is 2. The Morgan fingerprint density at radius 2 is 1.17 bits per heavy atom. The number of hydrogen-bond donors (Lipinski definition) is 0. The molecule has 1 aromatic carbocycles. The van der Waals surface area contributed by atoms with Crippen LogP contribution in [0.1, 0.15) is 144 Å². The molecule has 1 aromatic rings. The van der Waals surface area contributed by atoms with Crippen LogP contribution in [0.3, 0.4) is 0 Å². The summed E-state index contributed by atoms with van der Waals surface area (Å²) in [5.74, 6) is 0.112. The first-order valence-corrected chi connectivity index (χ1v) is 14.7. The first-order valence-electron chi connectivity index (χ1n) is 14.7. The van der Waals surface area contributed by atoms with E-state index in [9.17, 15) is 9.59 Å². The quantitative estimate of drug-likeness (QED) is 0.121. The van der Waals surface area contributed by atoms with Crippen LogP contribution in [-0.2, 0) is 9.47 Å². The minimum Gasteiger partial charge on any atom is -0.462 e. The van der Waals surface area contributed by atoms with Crippen molar-refractivity contribution in [2.45, 2.75) is 124 Å². The van der Waals surface area contributed by atoms with E-state index in [0.717, 1.165) is 31.6 Å². The molecule has 0 saturated carbocycles. The van der Waals surface area contributed by atoms with Gasteiger partial charge in [0.2, 0.25) is 0 Å². The third-order valence-corrected chi connectivity index (χ3v) is 6.78. The fraction of sp³-hybridized carbons (Fsp3) is 0.688. The minimum atomic E-state index is -0.444. The van der Waals surface area contributed by atoms with Crippen molar-refractivity contribution >= 4 is 11.9 Å². The molecule has 0 radical (unpaired) electrons. The Morgan fingerprint density at radius 3 is 1.56 bits per heavy atom. The molecule has 0 N–H and O–H groups in total. The monoisotopic (exact) mass is 500 g/mol. The lowest BCUT2D eigenvalue weighted by atomic mass is 9.92. The van der Waals surface area contributed by atoms with Gasteiger partial charge in [-0.1, -0.05) is 116 Å². The fourth-order valence-electron chi connectivity index (χ4n) is 4.32. The minimum absolute atomic E-state index is 0.293. The lowest BCUT2D eigenvalue weighted by Crippen LogP contribution is -2.15. The molecule has 1 unspecified atom stereocenters. The molecule has 0 fully saturated rings. The highest BCUT2D eigenvalue weighted by atomic mass is 16.5. The molecule has 0 amide bonds. The van der Waals surface area contributed by atoms with Gasteiger partial charge < -0.3 is 9.47 Å². The molecule has 4 heteroatoms. The van der Waals surface area contributed by atoms with Crippen molar-refractivity contribution in [3.63, 3.8) is 0 Å². The van der Waals surface area contributed by atoms with Gasteiger partial charge in [0.05, 0.1) is 24.3 Å². The van der Waals surface area contributed by atoms with Gasteiger partial charge in [0, 0.05) is 0 Å². The van der Waals surface area contributed by atoms with E-state index in [4.69, 9.17) is 9.47 Å². The van der Waals surface area contributed by atoms with Crippen molar-refractivity contribution in [3.8, 4) is 0 Å². The van der Waals surface area contributed by atoms with Gasteiger partial charge in [0.25, 0.3) is 0 Å². The molecule has 0 aromatic heterocycles. The number of allylic oxidation sites excluding steroid dienone is 2. The molecule has 0 aliphatic heterocycles. The van der Waals surface area contributed by atoms with Crippen LogP contribution in [0, 0.1) is 5.92 Å². The number of carbonyl (C=O) groups is 2. The van der Waals surface area contributed by atoms with Crippen molar-refractivity contribution in [2.75, 3.05) is 13.2 Å². The first-order chi connectivity index (χ1) is 17.6. The lowest BCUT2D eigenvalue weighted by Gasteiger charge is -2.13. The maximum absolute atomic E-state index is 12.4. The van der Waals surface area contributed by atoms with Crippen molar-refractivity contribution in [3.05, 3.63) is 47.5 Å². The topological polar surface area (TPSA) is 52.6 Å². The molecule has 0 spiro atoms. The second-order valence-electron chi connectivity index (χ2n) is 9.91. The van der Waals surface area contributed by atoms with Gasteiger partial charge in [0.1, 0.15) is 0 Å². The van der Waals surface area contributed by atoms with E-state index in [2.05, 4.69) is 32.9 Å². The lowest BCUT2D eigenvalue weighted by molar-refractivity contribution is 0.0450. The standard InChI is InChI=1S/C24H38O4.C8H14/c1-3-5-7-9-11-15-19-27-23(25)21-17-13-14-18-22(21)24(26)28-20-16-12-10-8-6-4-2;1-2-8-6-4-3-5-7-8/h13-14,17-18H,3-12,15-16,19-20H2,1-2H3;3-4,8H,2,5-7H2,1H3. The van der Waals surface area contributed by atoms with Crippen LogP contribution in [-0.4, -0.2) is 25.2 Å². The van der Waals surface area contributed by atoms with Crippen LogP contribution in [0.5, 0.6) is 0 Å². The van der Waals surface area contributed by atoms with Crippen LogP contribution in [0.4, 0.5) is 0 Å². The van der Waals surface area contributed by atoms with Crippen LogP contribution < -0.4 is 0 Å². The number of ether oxygens (including phenoxy) is 2. The maximum Gasteiger partial charge on any atom is 0.339 e. The van der Waals surface area contributed by atoms with Gasteiger partial charge in [-0.05, 0) is 50.2 Å². The molecule has 1 aliphatic rings. The van der Waals surface area contributed by atoms with E-state index in [-0.39, 0.29) is 0 Å². The summed E-state index contributed by atoms with van der Waals surface area (Å²) in [7, 11) is 0. The molecular weight excluding hydrogens is 448 g/mol. The van der Waals surface area contributed by atoms with Crippen LogP contribution >= 0.6 is 0 Å². The Hall–Kier alpha value is -2.10. The summed E-state index contributed by atoms with van der Waals surface area (Å²) < 4.78 is 10.7. The summed E-state index contributed by atoms with van der Waals surface area (Å²) >= 11 is 0. The van der Waals surface area contributed by atoms with Crippen molar-refractivity contribution < 1.29 is 19.1 Å². The summed E-state index contributed by atoms with van der Waals surface area (Å²) in [5.41, 5.74) is 0.586. The van der Waals surface area contributed by atoms with E-state index >= 15 is 0 Å². The molecule has 0 bridgehead atoms. The normalized spacial score (nSPS) is 14.6. The van der Waals surface area contributed by atoms with Crippen LogP contribution in [0.15, 0.2) is 36.4 Å². The van der Waals surface area contributed by atoms with Gasteiger partial charge >= 0.3 is 11.9 Å². The molecule has 1 aliphatic carbocycles. The Bertz CT molecular complexity index is 676. The second-order valence-corrected chi connectivity index (χ2v) is 9.91. The van der Waals surface area contributed by atoms with Gasteiger partial charge in [-0.2, -0.15) is 0 Å². The molecular formula is C32H52O4. The van der Waals surface area contributed by atoms with E-state index < -0.39 is 11.9 Å². The number of rotatable bonds is 17. The molecule has 4 nitrogen and oxygen atoms in total. The molecule has 36 heavy (non-hydrogen) atoms. The van der Waals surface area contributed by atoms with E-state index in [0.29, 0.717) is 24.3 Å². The number of hydrogen-bond acceptors (Lipinski definition) is 4. The van der Waals surface area contributed by atoms with Gasteiger partial charge in [-0.3, -0.25) is 0 Å². The smallest absolute Gasteiger partial charge is 0.339 e. The zero-order chi connectivity index (χ0) is 26.3. The summed E-state index contributed by atoms with van der Waals surface area (Å²) in [6, 6.07) is 6.74. The zero-order valence-corrected chi connectivity index (χ0v) is 23.4. The maximum atomic E-state index is 12.4. The molecule has 0 heterocycles. The van der Waals surface area contributed by atoms with Crippen LogP contribution in [0.25, 0.3) is 0 Å². The number of unbranched alkanes of at least 4 members (excludes halogenated alkanes) is 10. The summed E-state index contributed by atoms with van der Waals surface area (Å²) in [6.45, 7) is 7.46. The highest BCUT2D eigenvalue weighted by Crippen LogP contribution is 2.20. The second kappa shape index (κ2) is 22.1. The van der Waals surface area contributed by atoms with Crippen molar-refractivity contribution in [2.24, 2.45) is 5.92 Å². The van der Waals surface area contributed by atoms with Crippen molar-refractivity contribution in [1.82, 2.24) is 0 Å². The first kappa shape index (κ1) is 31.9. The molecule has 0 saturated heterocycles. The van der Waals surface area contributed by atoms with Gasteiger partial charge in [-0.15, -0.1) is 0 Å². The molecule has 1 atom stereocenters. The predicted octanol–water partition coefficient (Wildman–Crippen LogP) is 9.47. The third kappa shape index (κ3) is 15.1. The fourth-order valence-corrected chi connectivity index (χ4v) is 4.32. The predicted molar refractivity (Wildman–Crippen MR) is 151 cm³/mol. The average Bonchev–Trinajstić information content (AvgIpc) is 2.92. The van der Waals surface area contributed by atoms with Crippen LogP contribution in [0.2, 0.25) is 0 Å². The molecule has 2 rings (SSSR count). The van der Waals surface area contributed by atoms with Gasteiger partial charge in [-0.25, -0.2) is 9.59 Å². The zero-order valence-electron chi connectivity index (χ0n) is 23.4. The highest BCUT2D eigenvalue weighted by molar-refractivity contribution is 6.03. The Balaban J connectivity index is 0.000000681. The Labute approximate surface area is 221 Å². The van der Waals surface area contributed by atoms with Gasteiger partial charge in [0.15, 0.2) is 0 Å². The van der Waals surface area contributed by atoms with E-state index in [1.165, 1.54) is 77.0 Å². The average molecular weight is 501 g/mol. The van der Waals surface area contributed by atoms with E-state index in [1.807, 2.05) is 0 Å². The van der Waals surface area contributed by atoms with E-state index in [1.54, 1.807) is 24.3 Å². The highest BCUT2D eigenvalue weighted by Gasteiger charge is 2.18. The number of carbonyl (C=O) groups excluding carboxylic acids is 2. The Morgan fingerprint density at radius 1 is 0.694 bits per heavy atom.